The molecule has 0 spiro atoms. The Bertz CT molecular complexity index is 1310. The van der Waals surface area contributed by atoms with Crippen LogP contribution >= 0.6 is 0 Å². The van der Waals surface area contributed by atoms with Gasteiger partial charge >= 0.3 is 0 Å². The minimum Gasteiger partial charge on any atom is -0.361 e. The van der Waals surface area contributed by atoms with Gasteiger partial charge in [0.1, 0.15) is 0 Å². The molecule has 1 amide bonds. The topological polar surface area (TPSA) is 62.2 Å². The summed E-state index contributed by atoms with van der Waals surface area (Å²) in [5.74, 6) is -0.108. The van der Waals surface area contributed by atoms with Crippen LogP contribution in [0.3, 0.4) is 0 Å². The molecule has 2 heterocycles. The van der Waals surface area contributed by atoms with Gasteiger partial charge < -0.3 is 9.55 Å². The number of aromatic nitrogens is 2. The summed E-state index contributed by atoms with van der Waals surface area (Å²) in [7, 11) is 0. The van der Waals surface area contributed by atoms with Crippen molar-refractivity contribution in [3.8, 4) is 0 Å². The lowest BCUT2D eigenvalue weighted by Gasteiger charge is -2.06. The third-order valence-corrected chi connectivity index (χ3v) is 5.26. The molecule has 0 atom stereocenters. The van der Waals surface area contributed by atoms with E-state index in [1.165, 1.54) is 10.8 Å². The summed E-state index contributed by atoms with van der Waals surface area (Å²) in [6, 6.07) is 24.6. The minimum absolute atomic E-state index is 0.108. The first kappa shape index (κ1) is 17.3. The van der Waals surface area contributed by atoms with E-state index in [9.17, 15) is 4.79 Å². The van der Waals surface area contributed by atoms with Gasteiger partial charge in [0.15, 0.2) is 0 Å². The average Bonchev–Trinajstić information content (AvgIpc) is 3.32. The van der Waals surface area contributed by atoms with E-state index in [0.29, 0.717) is 13.0 Å². The van der Waals surface area contributed by atoms with E-state index in [1.54, 1.807) is 6.21 Å². The summed E-state index contributed by atoms with van der Waals surface area (Å²) in [4.78, 5) is 15.6. The average molecular weight is 380 g/mol. The fourth-order valence-electron chi connectivity index (χ4n) is 3.89. The number of nitrogens with zero attached hydrogens (tertiary/aromatic N) is 2. The first-order chi connectivity index (χ1) is 14.3. The molecule has 2 aromatic heterocycles. The molecule has 0 unspecified atom stereocenters. The zero-order valence-electron chi connectivity index (χ0n) is 15.8. The van der Waals surface area contributed by atoms with E-state index in [0.717, 1.165) is 27.5 Å². The highest BCUT2D eigenvalue weighted by Crippen LogP contribution is 2.28. The van der Waals surface area contributed by atoms with Crippen molar-refractivity contribution in [1.82, 2.24) is 15.0 Å². The maximum atomic E-state index is 12.4. The predicted octanol–water partition coefficient (Wildman–Crippen LogP) is 4.82. The molecule has 5 heteroatoms. The lowest BCUT2D eigenvalue weighted by Crippen LogP contribution is -2.19. The molecule has 142 valence electrons. The maximum Gasteiger partial charge on any atom is 0.241 e. The van der Waals surface area contributed by atoms with Crippen molar-refractivity contribution in [2.45, 2.75) is 13.0 Å². The van der Waals surface area contributed by atoms with Crippen LogP contribution in [-0.2, 0) is 11.3 Å². The Balaban J connectivity index is 1.31. The fourth-order valence-corrected chi connectivity index (χ4v) is 3.89. The van der Waals surface area contributed by atoms with Crippen LogP contribution in [-0.4, -0.2) is 21.7 Å². The van der Waals surface area contributed by atoms with E-state index in [2.05, 4.69) is 44.3 Å². The Labute approximate surface area is 167 Å². The molecule has 5 aromatic rings. The third-order valence-electron chi connectivity index (χ3n) is 5.26. The smallest absolute Gasteiger partial charge is 0.241 e. The Morgan fingerprint density at radius 3 is 2.24 bits per heavy atom. The predicted molar refractivity (Wildman–Crippen MR) is 118 cm³/mol. The van der Waals surface area contributed by atoms with Crippen LogP contribution in [0.2, 0.25) is 0 Å². The quantitative estimate of drug-likeness (QED) is 0.333. The van der Waals surface area contributed by atoms with Gasteiger partial charge in [0.05, 0.1) is 6.21 Å². The molecular weight excluding hydrogens is 360 g/mol. The minimum atomic E-state index is -0.108. The number of H-pyrrole nitrogens is 1. The summed E-state index contributed by atoms with van der Waals surface area (Å²) in [5.41, 5.74) is 6.93. The van der Waals surface area contributed by atoms with Gasteiger partial charge in [0.25, 0.3) is 0 Å². The molecule has 0 aliphatic rings. The molecule has 0 saturated heterocycles. The van der Waals surface area contributed by atoms with E-state index >= 15 is 0 Å². The van der Waals surface area contributed by atoms with Gasteiger partial charge in [-0.05, 0) is 18.2 Å². The molecule has 0 radical (unpaired) electrons. The first-order valence-electron chi connectivity index (χ1n) is 9.65. The number of hydrazone groups is 1. The van der Waals surface area contributed by atoms with E-state index < -0.39 is 0 Å². The molecule has 29 heavy (non-hydrogen) atoms. The van der Waals surface area contributed by atoms with Crippen LogP contribution in [0, 0.1) is 0 Å². The number of para-hydroxylation sites is 3. The van der Waals surface area contributed by atoms with Gasteiger partial charge in [-0.15, -0.1) is 0 Å². The molecule has 5 nitrogen and oxygen atoms in total. The molecule has 0 aliphatic carbocycles. The molecule has 0 saturated carbocycles. The SMILES string of the molecule is O=C(CCn1c2ccccc2c2ccccc21)NN=Cc1c[nH]c2ccccc12. The van der Waals surface area contributed by atoms with Crippen LogP contribution in [0.5, 0.6) is 0 Å². The number of rotatable bonds is 5. The van der Waals surface area contributed by atoms with Gasteiger partial charge in [0, 0.05) is 57.4 Å². The van der Waals surface area contributed by atoms with Crippen molar-refractivity contribution >= 4 is 44.8 Å². The van der Waals surface area contributed by atoms with Crippen LogP contribution in [0.15, 0.2) is 84.1 Å². The number of carbonyl (C=O) groups is 1. The van der Waals surface area contributed by atoms with Gasteiger partial charge in [-0.1, -0.05) is 54.6 Å². The largest absolute Gasteiger partial charge is 0.361 e. The summed E-state index contributed by atoms with van der Waals surface area (Å²) in [5, 5.41) is 7.63. The number of nitrogens with one attached hydrogen (secondary N) is 2. The van der Waals surface area contributed by atoms with Crippen molar-refractivity contribution in [3.05, 3.63) is 84.6 Å². The molecule has 0 fully saturated rings. The van der Waals surface area contributed by atoms with Gasteiger partial charge in [0.2, 0.25) is 5.91 Å². The number of carbonyl (C=O) groups excluding carboxylic acids is 1. The van der Waals surface area contributed by atoms with Crippen LogP contribution in [0.4, 0.5) is 0 Å². The van der Waals surface area contributed by atoms with Crippen LogP contribution in [0.1, 0.15) is 12.0 Å². The summed E-state index contributed by atoms with van der Waals surface area (Å²) in [6.45, 7) is 0.600. The zero-order valence-corrected chi connectivity index (χ0v) is 15.8. The first-order valence-corrected chi connectivity index (χ1v) is 9.65. The second-order valence-electron chi connectivity index (χ2n) is 7.02. The fraction of sp³-hybridized carbons (Fsp3) is 0.0833. The highest BCUT2D eigenvalue weighted by Gasteiger charge is 2.10. The monoisotopic (exact) mass is 380 g/mol. The standard InChI is InChI=1S/C24H20N4O/c29-24(27-26-16-17-15-25-21-10-4-1-7-18(17)21)13-14-28-22-11-5-2-8-19(22)20-9-3-6-12-23(20)28/h1-12,15-16,25H,13-14H2,(H,27,29). The number of amides is 1. The lowest BCUT2D eigenvalue weighted by atomic mass is 10.2. The van der Waals surface area contributed by atoms with Crippen molar-refractivity contribution in [3.63, 3.8) is 0 Å². The normalized spacial score (nSPS) is 11.7. The number of hydrogen-bond acceptors (Lipinski definition) is 2. The van der Waals surface area contributed by atoms with Crippen molar-refractivity contribution < 1.29 is 4.79 Å². The number of aryl methyl sites for hydroxylation is 1. The number of fused-ring (bicyclic) bond motifs is 4. The summed E-state index contributed by atoms with van der Waals surface area (Å²) in [6.07, 6.45) is 3.92. The Hall–Kier alpha value is -3.86. The molecular formula is C24H20N4O. The van der Waals surface area contributed by atoms with Crippen LogP contribution < -0.4 is 5.43 Å². The molecule has 5 rings (SSSR count). The van der Waals surface area contributed by atoms with Crippen molar-refractivity contribution in [2.24, 2.45) is 5.10 Å². The third kappa shape index (κ3) is 3.17. The Kier molecular flexibility index (Phi) is 4.33. The number of hydrogen-bond donors (Lipinski definition) is 2. The zero-order chi connectivity index (χ0) is 19.6. The summed E-state index contributed by atoms with van der Waals surface area (Å²) >= 11 is 0. The van der Waals surface area contributed by atoms with Crippen molar-refractivity contribution in [2.75, 3.05) is 0 Å². The number of benzene rings is 3. The Morgan fingerprint density at radius 1 is 0.897 bits per heavy atom. The highest BCUT2D eigenvalue weighted by atomic mass is 16.2. The van der Waals surface area contributed by atoms with E-state index in [-0.39, 0.29) is 5.91 Å². The number of aromatic amines is 1. The second kappa shape index (κ2) is 7.28. The van der Waals surface area contributed by atoms with E-state index in [4.69, 9.17) is 0 Å². The van der Waals surface area contributed by atoms with Gasteiger partial charge in [-0.3, -0.25) is 4.79 Å². The summed E-state index contributed by atoms with van der Waals surface area (Å²) < 4.78 is 2.20. The van der Waals surface area contributed by atoms with Crippen LogP contribution in [0.25, 0.3) is 32.7 Å². The molecule has 3 aromatic carbocycles. The van der Waals surface area contributed by atoms with E-state index in [1.807, 2.05) is 54.7 Å². The molecule has 0 aliphatic heterocycles. The van der Waals surface area contributed by atoms with Crippen molar-refractivity contribution in [1.29, 1.82) is 0 Å². The maximum absolute atomic E-state index is 12.4. The van der Waals surface area contributed by atoms with Gasteiger partial charge in [-0.2, -0.15) is 5.10 Å². The highest BCUT2D eigenvalue weighted by molar-refractivity contribution is 6.08. The molecule has 2 N–H and O–H groups in total. The Morgan fingerprint density at radius 2 is 1.52 bits per heavy atom. The lowest BCUT2D eigenvalue weighted by molar-refractivity contribution is -0.121. The molecule has 0 bridgehead atoms. The van der Waals surface area contributed by atoms with Gasteiger partial charge in [-0.25, -0.2) is 5.43 Å². The second-order valence-corrected chi connectivity index (χ2v) is 7.02.